The SMILES string of the molecule is O=C(C1CC1)N1CCCC(CC2CC2)(c2noc(-c3cccnc3)n2)C1. The van der Waals surface area contributed by atoms with E-state index in [1.807, 2.05) is 12.1 Å². The van der Waals surface area contributed by atoms with Crippen LogP contribution < -0.4 is 0 Å². The predicted molar refractivity (Wildman–Crippen MR) is 95.1 cm³/mol. The quantitative estimate of drug-likeness (QED) is 0.826. The molecule has 3 heterocycles. The van der Waals surface area contributed by atoms with Gasteiger partial charge in [-0.2, -0.15) is 4.98 Å². The molecule has 26 heavy (non-hydrogen) atoms. The van der Waals surface area contributed by atoms with E-state index in [1.54, 1.807) is 12.4 Å². The molecule has 6 heteroatoms. The first-order valence-electron chi connectivity index (χ1n) is 9.77. The van der Waals surface area contributed by atoms with Crippen molar-refractivity contribution in [3.05, 3.63) is 30.4 Å². The number of rotatable bonds is 5. The molecule has 1 unspecified atom stereocenters. The fraction of sp³-hybridized carbons (Fsp3) is 0.600. The molecule has 2 saturated carbocycles. The van der Waals surface area contributed by atoms with Crippen LogP contribution in [-0.4, -0.2) is 39.0 Å². The average molecular weight is 352 g/mol. The molecular weight excluding hydrogens is 328 g/mol. The van der Waals surface area contributed by atoms with Gasteiger partial charge in [0.1, 0.15) is 0 Å². The first kappa shape index (κ1) is 16.0. The Morgan fingerprint density at radius 2 is 2.19 bits per heavy atom. The van der Waals surface area contributed by atoms with Crippen LogP contribution in [0.1, 0.15) is 50.8 Å². The van der Waals surface area contributed by atoms with E-state index in [9.17, 15) is 4.79 Å². The lowest BCUT2D eigenvalue weighted by atomic mass is 9.74. The molecule has 5 rings (SSSR count). The van der Waals surface area contributed by atoms with E-state index in [4.69, 9.17) is 9.51 Å². The molecule has 0 aromatic carbocycles. The first-order chi connectivity index (χ1) is 12.7. The summed E-state index contributed by atoms with van der Waals surface area (Å²) in [5, 5.41) is 4.37. The molecule has 1 saturated heterocycles. The summed E-state index contributed by atoms with van der Waals surface area (Å²) >= 11 is 0. The van der Waals surface area contributed by atoms with Crippen molar-refractivity contribution in [2.24, 2.45) is 11.8 Å². The van der Waals surface area contributed by atoms with Gasteiger partial charge in [0.15, 0.2) is 5.82 Å². The molecule has 3 fully saturated rings. The fourth-order valence-corrected chi connectivity index (χ4v) is 4.27. The van der Waals surface area contributed by atoms with Crippen LogP contribution in [0.4, 0.5) is 0 Å². The van der Waals surface area contributed by atoms with Gasteiger partial charge in [-0.25, -0.2) is 0 Å². The van der Waals surface area contributed by atoms with Crippen molar-refractivity contribution in [3.63, 3.8) is 0 Å². The maximum absolute atomic E-state index is 12.7. The largest absolute Gasteiger partial charge is 0.341 e. The second kappa shape index (κ2) is 6.18. The van der Waals surface area contributed by atoms with Crippen molar-refractivity contribution in [1.82, 2.24) is 20.0 Å². The number of carbonyl (C=O) groups is 1. The van der Waals surface area contributed by atoms with Crippen molar-refractivity contribution in [3.8, 4) is 11.5 Å². The Labute approximate surface area is 153 Å². The number of likely N-dealkylation sites (tertiary alicyclic amines) is 1. The van der Waals surface area contributed by atoms with E-state index in [0.29, 0.717) is 11.8 Å². The third-order valence-corrected chi connectivity index (χ3v) is 6.00. The lowest BCUT2D eigenvalue weighted by molar-refractivity contribution is -0.135. The number of nitrogens with zero attached hydrogens (tertiary/aromatic N) is 4. The molecule has 0 bridgehead atoms. The highest BCUT2D eigenvalue weighted by Gasteiger charge is 2.47. The number of hydrogen-bond donors (Lipinski definition) is 0. The van der Waals surface area contributed by atoms with Gasteiger partial charge < -0.3 is 9.42 Å². The Hall–Kier alpha value is -2.24. The molecule has 1 amide bonds. The summed E-state index contributed by atoms with van der Waals surface area (Å²) in [6, 6.07) is 3.80. The fourth-order valence-electron chi connectivity index (χ4n) is 4.27. The number of aromatic nitrogens is 3. The Morgan fingerprint density at radius 3 is 2.92 bits per heavy atom. The van der Waals surface area contributed by atoms with Crippen LogP contribution in [0.15, 0.2) is 29.0 Å². The molecule has 1 aliphatic heterocycles. The van der Waals surface area contributed by atoms with E-state index in [-0.39, 0.29) is 11.3 Å². The number of carbonyl (C=O) groups excluding carboxylic acids is 1. The molecule has 136 valence electrons. The number of hydrogen-bond acceptors (Lipinski definition) is 5. The Morgan fingerprint density at radius 1 is 1.31 bits per heavy atom. The summed E-state index contributed by atoms with van der Waals surface area (Å²) in [5.74, 6) is 2.64. The van der Waals surface area contributed by atoms with Crippen LogP contribution in [0.2, 0.25) is 0 Å². The van der Waals surface area contributed by atoms with E-state index >= 15 is 0 Å². The smallest absolute Gasteiger partial charge is 0.259 e. The van der Waals surface area contributed by atoms with Gasteiger partial charge in [0.2, 0.25) is 5.91 Å². The van der Waals surface area contributed by atoms with Crippen molar-refractivity contribution in [2.45, 2.75) is 50.4 Å². The zero-order chi connectivity index (χ0) is 17.6. The number of piperidine rings is 1. The summed E-state index contributed by atoms with van der Waals surface area (Å²) < 4.78 is 5.58. The zero-order valence-electron chi connectivity index (χ0n) is 14.9. The molecule has 0 N–H and O–H groups in total. The monoisotopic (exact) mass is 352 g/mol. The van der Waals surface area contributed by atoms with Crippen LogP contribution in [0, 0.1) is 11.8 Å². The van der Waals surface area contributed by atoms with Crippen LogP contribution >= 0.6 is 0 Å². The van der Waals surface area contributed by atoms with Crippen molar-refractivity contribution >= 4 is 5.91 Å². The number of amides is 1. The van der Waals surface area contributed by atoms with Crippen LogP contribution in [0.3, 0.4) is 0 Å². The lowest BCUT2D eigenvalue weighted by Gasteiger charge is -2.41. The molecular formula is C20H24N4O2. The van der Waals surface area contributed by atoms with Gasteiger partial charge in [-0.15, -0.1) is 0 Å². The summed E-state index contributed by atoms with van der Waals surface area (Å²) in [7, 11) is 0. The average Bonchev–Trinajstić information content (AvgIpc) is 3.62. The standard InChI is InChI=1S/C20H24N4O2/c25-18(15-6-7-15)24-10-2-8-20(13-24,11-14-4-5-14)19-22-17(26-23-19)16-3-1-9-21-12-16/h1,3,9,12,14-15H,2,4-8,10-11,13H2. The van der Waals surface area contributed by atoms with Crippen LogP contribution in [-0.2, 0) is 10.2 Å². The Bertz CT molecular complexity index is 797. The first-order valence-corrected chi connectivity index (χ1v) is 9.77. The van der Waals surface area contributed by atoms with Crippen molar-refractivity contribution < 1.29 is 9.32 Å². The minimum Gasteiger partial charge on any atom is -0.341 e. The third kappa shape index (κ3) is 3.02. The van der Waals surface area contributed by atoms with Crippen molar-refractivity contribution in [1.29, 1.82) is 0 Å². The third-order valence-electron chi connectivity index (χ3n) is 6.00. The highest BCUT2D eigenvalue weighted by atomic mass is 16.5. The Balaban J connectivity index is 1.45. The molecule has 1 atom stereocenters. The van der Waals surface area contributed by atoms with Gasteiger partial charge in [0.05, 0.1) is 11.0 Å². The molecule has 6 nitrogen and oxygen atoms in total. The summed E-state index contributed by atoms with van der Waals surface area (Å²) in [6.45, 7) is 1.61. The van der Waals surface area contributed by atoms with Crippen LogP contribution in [0.5, 0.6) is 0 Å². The van der Waals surface area contributed by atoms with Gasteiger partial charge in [-0.3, -0.25) is 9.78 Å². The topological polar surface area (TPSA) is 72.1 Å². The van der Waals surface area contributed by atoms with E-state index in [1.165, 1.54) is 12.8 Å². The maximum Gasteiger partial charge on any atom is 0.259 e. The van der Waals surface area contributed by atoms with Crippen LogP contribution in [0.25, 0.3) is 11.5 Å². The van der Waals surface area contributed by atoms with Crippen molar-refractivity contribution in [2.75, 3.05) is 13.1 Å². The van der Waals surface area contributed by atoms with Gasteiger partial charge in [0, 0.05) is 31.4 Å². The second-order valence-electron chi connectivity index (χ2n) is 8.23. The molecule has 0 spiro atoms. The normalized spacial score (nSPS) is 26.1. The van der Waals surface area contributed by atoms with Gasteiger partial charge >= 0.3 is 0 Å². The molecule has 0 radical (unpaired) electrons. The Kier molecular flexibility index (Phi) is 3.80. The minimum atomic E-state index is -0.159. The molecule has 2 aromatic heterocycles. The summed E-state index contributed by atoms with van der Waals surface area (Å²) in [4.78, 5) is 23.6. The van der Waals surface area contributed by atoms with Gasteiger partial charge in [-0.05, 0) is 50.2 Å². The van der Waals surface area contributed by atoms with E-state index in [2.05, 4.69) is 15.0 Å². The van der Waals surface area contributed by atoms with Gasteiger partial charge in [0.25, 0.3) is 5.89 Å². The van der Waals surface area contributed by atoms with E-state index < -0.39 is 0 Å². The molecule has 2 aromatic rings. The highest BCUT2D eigenvalue weighted by molar-refractivity contribution is 5.81. The molecule has 2 aliphatic carbocycles. The molecule has 3 aliphatic rings. The summed E-state index contributed by atoms with van der Waals surface area (Å²) in [5.41, 5.74) is 0.683. The predicted octanol–water partition coefficient (Wildman–Crippen LogP) is 3.20. The van der Waals surface area contributed by atoms with Gasteiger partial charge in [-0.1, -0.05) is 18.0 Å². The minimum absolute atomic E-state index is 0.159. The summed E-state index contributed by atoms with van der Waals surface area (Å²) in [6.07, 6.45) is 11.3. The second-order valence-corrected chi connectivity index (χ2v) is 8.23. The maximum atomic E-state index is 12.7. The zero-order valence-corrected chi connectivity index (χ0v) is 14.9. The highest BCUT2D eigenvalue weighted by Crippen LogP contribution is 2.46. The van der Waals surface area contributed by atoms with E-state index in [0.717, 1.165) is 62.5 Å². The lowest BCUT2D eigenvalue weighted by Crippen LogP contribution is -2.49. The number of pyridine rings is 1.